The van der Waals surface area contributed by atoms with Gasteiger partial charge in [-0.05, 0) is 52.2 Å². The predicted molar refractivity (Wildman–Crippen MR) is 80.7 cm³/mol. The molecule has 1 amide bonds. The zero-order chi connectivity index (χ0) is 14.8. The molecule has 108 valence electrons. The average Bonchev–Trinajstić information content (AvgIpc) is 2.51. The zero-order valence-corrected chi connectivity index (χ0v) is 13.8. The minimum absolute atomic E-state index is 0.000185. The van der Waals surface area contributed by atoms with Crippen molar-refractivity contribution in [2.24, 2.45) is 5.92 Å². The standard InChI is InChI=1S/C15H25NO2S/c1-9(2)13(12-8-10(3)19-11(12)4)16-14(17)18-15(5,6)7/h8-9,13H,1-7H3,(H,16,17). The van der Waals surface area contributed by atoms with Crippen molar-refractivity contribution in [3.8, 4) is 0 Å². The Morgan fingerprint density at radius 2 is 1.89 bits per heavy atom. The third-order valence-corrected chi connectivity index (χ3v) is 3.74. The number of thiophene rings is 1. The van der Waals surface area contributed by atoms with Crippen LogP contribution in [0.1, 0.15) is 56.0 Å². The lowest BCUT2D eigenvalue weighted by atomic mass is 9.96. The van der Waals surface area contributed by atoms with Crippen LogP contribution in [-0.4, -0.2) is 11.7 Å². The molecule has 0 spiro atoms. The van der Waals surface area contributed by atoms with E-state index in [1.54, 1.807) is 11.3 Å². The predicted octanol–water partition coefficient (Wildman–Crippen LogP) is 4.59. The largest absolute Gasteiger partial charge is 0.444 e. The molecule has 0 saturated carbocycles. The van der Waals surface area contributed by atoms with Crippen LogP contribution >= 0.6 is 11.3 Å². The minimum Gasteiger partial charge on any atom is -0.444 e. The van der Waals surface area contributed by atoms with Gasteiger partial charge in [-0.1, -0.05) is 13.8 Å². The van der Waals surface area contributed by atoms with Gasteiger partial charge in [0.15, 0.2) is 0 Å². The molecule has 1 atom stereocenters. The second-order valence-corrected chi connectivity index (χ2v) is 7.70. The number of carbonyl (C=O) groups excluding carboxylic acids is 1. The summed E-state index contributed by atoms with van der Waals surface area (Å²) in [5.41, 5.74) is 0.731. The molecule has 0 aliphatic heterocycles. The molecule has 0 fully saturated rings. The maximum absolute atomic E-state index is 11.9. The second kappa shape index (κ2) is 5.95. The number of nitrogens with one attached hydrogen (secondary N) is 1. The average molecular weight is 283 g/mol. The van der Waals surface area contributed by atoms with Crippen LogP contribution in [-0.2, 0) is 4.74 Å². The third kappa shape index (κ3) is 4.86. The SMILES string of the molecule is Cc1cc(C(NC(=O)OC(C)(C)C)C(C)C)c(C)s1. The normalized spacial score (nSPS) is 13.5. The molecule has 1 heterocycles. The van der Waals surface area contributed by atoms with Gasteiger partial charge in [0.05, 0.1) is 6.04 Å². The molecule has 0 radical (unpaired) electrons. The minimum atomic E-state index is -0.467. The Kier molecular flexibility index (Phi) is 5.02. The van der Waals surface area contributed by atoms with Crippen LogP contribution < -0.4 is 5.32 Å². The number of alkyl carbamates (subject to hydrolysis) is 1. The molecular weight excluding hydrogens is 258 g/mol. The van der Waals surface area contributed by atoms with Crippen molar-refractivity contribution in [2.75, 3.05) is 0 Å². The van der Waals surface area contributed by atoms with Crippen molar-refractivity contribution in [1.82, 2.24) is 5.32 Å². The first kappa shape index (κ1) is 16.0. The summed E-state index contributed by atoms with van der Waals surface area (Å²) in [6.45, 7) is 14.0. The summed E-state index contributed by atoms with van der Waals surface area (Å²) in [5, 5.41) is 2.99. The Morgan fingerprint density at radius 3 is 2.26 bits per heavy atom. The molecule has 4 heteroatoms. The molecule has 0 saturated heterocycles. The van der Waals surface area contributed by atoms with Crippen LogP contribution in [0.5, 0.6) is 0 Å². The van der Waals surface area contributed by atoms with E-state index in [9.17, 15) is 4.79 Å². The molecule has 1 rings (SSSR count). The first-order chi connectivity index (χ1) is 8.60. The topological polar surface area (TPSA) is 38.3 Å². The van der Waals surface area contributed by atoms with E-state index in [1.807, 2.05) is 20.8 Å². The first-order valence-electron chi connectivity index (χ1n) is 6.66. The summed E-state index contributed by atoms with van der Waals surface area (Å²) in [6, 6.07) is 2.15. The Hall–Kier alpha value is -1.03. The quantitative estimate of drug-likeness (QED) is 0.881. The molecule has 1 unspecified atom stereocenters. The van der Waals surface area contributed by atoms with Gasteiger partial charge in [-0.3, -0.25) is 0 Å². The summed E-state index contributed by atoms with van der Waals surface area (Å²) < 4.78 is 5.34. The number of hydrogen-bond acceptors (Lipinski definition) is 3. The van der Waals surface area contributed by atoms with Crippen molar-refractivity contribution in [3.63, 3.8) is 0 Å². The van der Waals surface area contributed by atoms with E-state index in [1.165, 1.54) is 15.3 Å². The van der Waals surface area contributed by atoms with Crippen molar-refractivity contribution < 1.29 is 9.53 Å². The number of rotatable bonds is 3. The molecule has 19 heavy (non-hydrogen) atoms. The fraction of sp³-hybridized carbons (Fsp3) is 0.667. The summed E-state index contributed by atoms with van der Waals surface area (Å²) in [4.78, 5) is 14.5. The number of amides is 1. The molecule has 0 aliphatic rings. The molecule has 0 bridgehead atoms. The summed E-state index contributed by atoms with van der Waals surface area (Å²) in [5.74, 6) is 0.320. The highest BCUT2D eigenvalue weighted by Gasteiger charge is 2.24. The number of hydrogen-bond donors (Lipinski definition) is 1. The van der Waals surface area contributed by atoms with Crippen molar-refractivity contribution in [3.05, 3.63) is 21.4 Å². The molecule has 3 nitrogen and oxygen atoms in total. The maximum atomic E-state index is 11.9. The van der Waals surface area contributed by atoms with Gasteiger partial charge in [0.2, 0.25) is 0 Å². The van der Waals surface area contributed by atoms with Crippen LogP contribution in [0.2, 0.25) is 0 Å². The highest BCUT2D eigenvalue weighted by Crippen LogP contribution is 2.30. The summed E-state index contributed by atoms with van der Waals surface area (Å²) >= 11 is 1.76. The fourth-order valence-corrected chi connectivity index (χ4v) is 2.97. The van der Waals surface area contributed by atoms with E-state index in [-0.39, 0.29) is 12.1 Å². The Labute approximate surface area is 120 Å². The first-order valence-corrected chi connectivity index (χ1v) is 7.48. The van der Waals surface area contributed by atoms with E-state index < -0.39 is 5.60 Å². The van der Waals surface area contributed by atoms with E-state index in [0.29, 0.717) is 5.92 Å². The molecule has 0 aliphatic carbocycles. The lowest BCUT2D eigenvalue weighted by Gasteiger charge is -2.26. The highest BCUT2D eigenvalue weighted by atomic mass is 32.1. The van der Waals surface area contributed by atoms with Crippen LogP contribution in [0.25, 0.3) is 0 Å². The van der Waals surface area contributed by atoms with Crippen molar-refractivity contribution >= 4 is 17.4 Å². The van der Waals surface area contributed by atoms with Gasteiger partial charge >= 0.3 is 6.09 Å². The van der Waals surface area contributed by atoms with Gasteiger partial charge in [-0.2, -0.15) is 0 Å². The number of carbonyl (C=O) groups is 1. The van der Waals surface area contributed by atoms with Crippen molar-refractivity contribution in [1.29, 1.82) is 0 Å². The highest BCUT2D eigenvalue weighted by molar-refractivity contribution is 7.12. The van der Waals surface area contributed by atoms with Gasteiger partial charge in [-0.25, -0.2) is 4.79 Å². The zero-order valence-electron chi connectivity index (χ0n) is 13.0. The molecular formula is C15H25NO2S. The smallest absolute Gasteiger partial charge is 0.408 e. The monoisotopic (exact) mass is 283 g/mol. The molecule has 1 aromatic heterocycles. The van der Waals surface area contributed by atoms with E-state index >= 15 is 0 Å². The van der Waals surface area contributed by atoms with Crippen LogP contribution in [0.4, 0.5) is 4.79 Å². The van der Waals surface area contributed by atoms with Crippen molar-refractivity contribution in [2.45, 2.75) is 60.1 Å². The lowest BCUT2D eigenvalue weighted by Crippen LogP contribution is -2.36. The number of aryl methyl sites for hydroxylation is 2. The van der Waals surface area contributed by atoms with E-state index in [0.717, 1.165) is 0 Å². The van der Waals surface area contributed by atoms with Gasteiger partial charge in [0, 0.05) is 9.75 Å². The molecule has 0 aromatic carbocycles. The van der Waals surface area contributed by atoms with E-state index in [2.05, 4.69) is 39.1 Å². The Balaban J connectivity index is 2.85. The second-order valence-electron chi connectivity index (χ2n) is 6.24. The van der Waals surface area contributed by atoms with E-state index in [4.69, 9.17) is 4.74 Å². The maximum Gasteiger partial charge on any atom is 0.408 e. The Bertz CT molecular complexity index is 443. The Morgan fingerprint density at radius 1 is 1.32 bits per heavy atom. The van der Waals surface area contributed by atoms with Crippen LogP contribution in [0, 0.1) is 19.8 Å². The van der Waals surface area contributed by atoms with Gasteiger partial charge in [0.1, 0.15) is 5.60 Å². The molecule has 1 N–H and O–H groups in total. The van der Waals surface area contributed by atoms with Gasteiger partial charge < -0.3 is 10.1 Å². The van der Waals surface area contributed by atoms with Gasteiger partial charge in [-0.15, -0.1) is 11.3 Å². The molecule has 1 aromatic rings. The fourth-order valence-electron chi connectivity index (χ4n) is 2.00. The summed E-state index contributed by atoms with van der Waals surface area (Å²) in [6.07, 6.45) is -0.352. The van der Waals surface area contributed by atoms with Crippen LogP contribution in [0.3, 0.4) is 0 Å². The van der Waals surface area contributed by atoms with Gasteiger partial charge in [0.25, 0.3) is 0 Å². The summed E-state index contributed by atoms with van der Waals surface area (Å²) in [7, 11) is 0. The number of ether oxygens (including phenoxy) is 1. The van der Waals surface area contributed by atoms with Crippen LogP contribution in [0.15, 0.2) is 6.07 Å². The third-order valence-electron chi connectivity index (χ3n) is 2.75. The lowest BCUT2D eigenvalue weighted by molar-refractivity contribution is 0.0489.